The predicted molar refractivity (Wildman–Crippen MR) is 68.6 cm³/mol. The number of hydrogen-bond donors (Lipinski definition) is 0. The SMILES string of the molecule is CCC1CCCCN1c1ccnc(C(=O)OC)n1. The maximum Gasteiger partial charge on any atom is 0.376 e. The van der Waals surface area contributed by atoms with Crippen molar-refractivity contribution in [3.63, 3.8) is 0 Å². The highest BCUT2D eigenvalue weighted by Crippen LogP contribution is 2.24. The Morgan fingerprint density at radius 1 is 1.56 bits per heavy atom. The third kappa shape index (κ3) is 2.60. The summed E-state index contributed by atoms with van der Waals surface area (Å²) < 4.78 is 4.65. The number of piperidine rings is 1. The molecule has 1 unspecified atom stereocenters. The van der Waals surface area contributed by atoms with Crippen molar-refractivity contribution >= 4 is 11.8 Å². The number of nitrogens with zero attached hydrogens (tertiary/aromatic N) is 3. The second-order valence-corrected chi connectivity index (χ2v) is 4.48. The van der Waals surface area contributed by atoms with Crippen LogP contribution in [0.2, 0.25) is 0 Å². The number of hydrogen-bond acceptors (Lipinski definition) is 5. The van der Waals surface area contributed by atoms with Gasteiger partial charge in [0.05, 0.1) is 7.11 Å². The van der Waals surface area contributed by atoms with E-state index in [1.807, 2.05) is 6.07 Å². The van der Waals surface area contributed by atoms with Crippen LogP contribution in [-0.4, -0.2) is 35.6 Å². The normalized spacial score (nSPS) is 19.7. The molecule has 1 saturated heterocycles. The van der Waals surface area contributed by atoms with E-state index in [-0.39, 0.29) is 5.82 Å². The average Bonchev–Trinajstić information content (AvgIpc) is 2.46. The zero-order valence-electron chi connectivity index (χ0n) is 10.9. The van der Waals surface area contributed by atoms with Crippen LogP contribution in [0.1, 0.15) is 43.2 Å². The lowest BCUT2D eigenvalue weighted by Crippen LogP contribution is -2.39. The van der Waals surface area contributed by atoms with Crippen molar-refractivity contribution in [2.24, 2.45) is 0 Å². The van der Waals surface area contributed by atoms with Crippen LogP contribution in [0.4, 0.5) is 5.82 Å². The van der Waals surface area contributed by atoms with Crippen LogP contribution >= 0.6 is 0 Å². The average molecular weight is 249 g/mol. The van der Waals surface area contributed by atoms with Crippen molar-refractivity contribution in [1.29, 1.82) is 0 Å². The Kier molecular flexibility index (Phi) is 4.12. The fraction of sp³-hybridized carbons (Fsp3) is 0.615. The van der Waals surface area contributed by atoms with Gasteiger partial charge in [-0.3, -0.25) is 0 Å². The molecule has 1 atom stereocenters. The Hall–Kier alpha value is -1.65. The van der Waals surface area contributed by atoms with Crippen LogP contribution in [-0.2, 0) is 4.74 Å². The van der Waals surface area contributed by atoms with Crippen molar-refractivity contribution in [1.82, 2.24) is 9.97 Å². The van der Waals surface area contributed by atoms with E-state index in [0.717, 1.165) is 18.8 Å². The molecule has 98 valence electrons. The molecule has 1 aromatic rings. The molecule has 0 amide bonds. The van der Waals surface area contributed by atoms with E-state index >= 15 is 0 Å². The van der Waals surface area contributed by atoms with Gasteiger partial charge in [-0.15, -0.1) is 0 Å². The van der Waals surface area contributed by atoms with Crippen molar-refractivity contribution in [3.05, 3.63) is 18.1 Å². The fourth-order valence-electron chi connectivity index (χ4n) is 2.43. The topological polar surface area (TPSA) is 55.3 Å². The molecule has 1 fully saturated rings. The number of carbonyl (C=O) groups is 1. The van der Waals surface area contributed by atoms with E-state index < -0.39 is 5.97 Å². The number of anilines is 1. The molecule has 5 heteroatoms. The van der Waals surface area contributed by atoms with Gasteiger partial charge in [-0.25, -0.2) is 14.8 Å². The summed E-state index contributed by atoms with van der Waals surface area (Å²) in [5.74, 6) is 0.481. The van der Waals surface area contributed by atoms with Gasteiger partial charge in [-0.1, -0.05) is 6.92 Å². The summed E-state index contributed by atoms with van der Waals surface area (Å²) in [6, 6.07) is 2.37. The minimum Gasteiger partial charge on any atom is -0.463 e. The standard InChI is InChI=1S/C13H19N3O2/c1-3-10-6-4-5-9-16(10)11-7-8-14-12(15-11)13(17)18-2/h7-8,10H,3-6,9H2,1-2H3. The molecule has 0 radical (unpaired) electrons. The lowest BCUT2D eigenvalue weighted by atomic mass is 10.0. The highest BCUT2D eigenvalue weighted by atomic mass is 16.5. The maximum absolute atomic E-state index is 11.4. The molecule has 0 N–H and O–H groups in total. The number of esters is 1. The third-order valence-electron chi connectivity index (χ3n) is 3.40. The van der Waals surface area contributed by atoms with Gasteiger partial charge in [-0.05, 0) is 31.7 Å². The van der Waals surface area contributed by atoms with Gasteiger partial charge < -0.3 is 9.64 Å². The fourth-order valence-corrected chi connectivity index (χ4v) is 2.43. The third-order valence-corrected chi connectivity index (χ3v) is 3.40. The minimum atomic E-state index is -0.484. The number of methoxy groups -OCH3 is 1. The molecular formula is C13H19N3O2. The largest absolute Gasteiger partial charge is 0.463 e. The maximum atomic E-state index is 11.4. The predicted octanol–water partition coefficient (Wildman–Crippen LogP) is 2.03. The van der Waals surface area contributed by atoms with Gasteiger partial charge in [0, 0.05) is 18.8 Å². The first kappa shape index (κ1) is 12.8. The summed E-state index contributed by atoms with van der Waals surface area (Å²) >= 11 is 0. The van der Waals surface area contributed by atoms with Gasteiger partial charge in [0.1, 0.15) is 5.82 Å². The first-order valence-corrected chi connectivity index (χ1v) is 6.44. The van der Waals surface area contributed by atoms with Crippen molar-refractivity contribution in [2.75, 3.05) is 18.6 Å². The Bertz CT molecular complexity index is 422. The van der Waals surface area contributed by atoms with E-state index in [0.29, 0.717) is 6.04 Å². The molecule has 0 aromatic carbocycles. The van der Waals surface area contributed by atoms with Crippen LogP contribution in [0.3, 0.4) is 0 Å². The second kappa shape index (κ2) is 5.80. The van der Waals surface area contributed by atoms with E-state index in [1.54, 1.807) is 6.20 Å². The quantitative estimate of drug-likeness (QED) is 0.767. The molecule has 1 aromatic heterocycles. The molecule has 1 aliphatic rings. The summed E-state index contributed by atoms with van der Waals surface area (Å²) in [4.78, 5) is 22.0. The van der Waals surface area contributed by atoms with Gasteiger partial charge in [0.2, 0.25) is 5.82 Å². The van der Waals surface area contributed by atoms with Gasteiger partial charge in [0.25, 0.3) is 0 Å². The highest BCUT2D eigenvalue weighted by molar-refractivity contribution is 5.85. The molecule has 2 heterocycles. The number of aromatic nitrogens is 2. The lowest BCUT2D eigenvalue weighted by molar-refractivity contribution is 0.0586. The van der Waals surface area contributed by atoms with Gasteiger partial charge in [0.15, 0.2) is 0 Å². The Morgan fingerprint density at radius 3 is 3.11 bits per heavy atom. The molecule has 0 bridgehead atoms. The van der Waals surface area contributed by atoms with Crippen LogP contribution < -0.4 is 4.90 Å². The van der Waals surface area contributed by atoms with E-state index in [2.05, 4.69) is 26.5 Å². The Morgan fingerprint density at radius 2 is 2.39 bits per heavy atom. The molecular weight excluding hydrogens is 230 g/mol. The molecule has 2 rings (SSSR count). The second-order valence-electron chi connectivity index (χ2n) is 4.48. The summed E-state index contributed by atoms with van der Waals surface area (Å²) in [6.45, 7) is 3.18. The van der Waals surface area contributed by atoms with E-state index in [4.69, 9.17) is 0 Å². The number of carbonyl (C=O) groups excluding carboxylic acids is 1. The molecule has 0 spiro atoms. The van der Waals surface area contributed by atoms with Gasteiger partial charge in [-0.2, -0.15) is 0 Å². The first-order valence-electron chi connectivity index (χ1n) is 6.44. The zero-order chi connectivity index (χ0) is 13.0. The number of ether oxygens (including phenoxy) is 1. The van der Waals surface area contributed by atoms with E-state index in [1.165, 1.54) is 26.4 Å². The zero-order valence-corrected chi connectivity index (χ0v) is 10.9. The molecule has 1 aliphatic heterocycles. The van der Waals surface area contributed by atoms with Crippen LogP contribution in [0.15, 0.2) is 12.3 Å². The number of rotatable bonds is 3. The lowest BCUT2D eigenvalue weighted by Gasteiger charge is -2.36. The summed E-state index contributed by atoms with van der Waals surface area (Å²) in [7, 11) is 1.34. The van der Waals surface area contributed by atoms with Gasteiger partial charge >= 0.3 is 5.97 Å². The first-order chi connectivity index (χ1) is 8.76. The monoisotopic (exact) mass is 249 g/mol. The smallest absolute Gasteiger partial charge is 0.376 e. The summed E-state index contributed by atoms with van der Waals surface area (Å²) in [6.07, 6.45) is 6.35. The van der Waals surface area contributed by atoms with Crippen molar-refractivity contribution in [2.45, 2.75) is 38.6 Å². The van der Waals surface area contributed by atoms with Crippen LogP contribution in [0, 0.1) is 0 Å². The summed E-state index contributed by atoms with van der Waals surface area (Å²) in [5, 5.41) is 0. The van der Waals surface area contributed by atoms with E-state index in [9.17, 15) is 4.79 Å². The van der Waals surface area contributed by atoms with Crippen molar-refractivity contribution in [3.8, 4) is 0 Å². The Labute approximate surface area is 107 Å². The Balaban J connectivity index is 2.23. The van der Waals surface area contributed by atoms with Crippen molar-refractivity contribution < 1.29 is 9.53 Å². The molecule has 0 aliphatic carbocycles. The molecule has 5 nitrogen and oxygen atoms in total. The minimum absolute atomic E-state index is 0.135. The molecule has 0 saturated carbocycles. The van der Waals surface area contributed by atoms with Crippen LogP contribution in [0.25, 0.3) is 0 Å². The molecule has 18 heavy (non-hydrogen) atoms. The summed E-state index contributed by atoms with van der Waals surface area (Å²) in [5.41, 5.74) is 0. The van der Waals surface area contributed by atoms with Crippen LogP contribution in [0.5, 0.6) is 0 Å². The highest BCUT2D eigenvalue weighted by Gasteiger charge is 2.23.